The number of carbonyl (C=O) groups excluding carboxylic acids is 2. The van der Waals surface area contributed by atoms with Gasteiger partial charge in [-0.25, -0.2) is 9.78 Å². The van der Waals surface area contributed by atoms with E-state index in [2.05, 4.69) is 20.3 Å². The van der Waals surface area contributed by atoms with Crippen LogP contribution in [0.15, 0.2) is 54.9 Å². The van der Waals surface area contributed by atoms with Crippen molar-refractivity contribution in [1.29, 1.82) is 0 Å². The predicted octanol–water partition coefficient (Wildman–Crippen LogP) is 1.44. The highest BCUT2D eigenvalue weighted by Gasteiger charge is 2.29. The molecule has 5 rings (SSSR count). The van der Waals surface area contributed by atoms with E-state index in [-0.39, 0.29) is 55.1 Å². The third kappa shape index (κ3) is 5.28. The van der Waals surface area contributed by atoms with Gasteiger partial charge in [-0.15, -0.1) is 0 Å². The Morgan fingerprint density at radius 1 is 1.03 bits per heavy atom. The molecule has 4 aromatic rings. The van der Waals surface area contributed by atoms with Gasteiger partial charge in [0.15, 0.2) is 11.5 Å². The zero-order chi connectivity index (χ0) is 27.5. The van der Waals surface area contributed by atoms with Crippen molar-refractivity contribution < 1.29 is 24.2 Å². The van der Waals surface area contributed by atoms with Crippen LogP contribution < -0.4 is 16.8 Å². The number of hydrogen-bond donors (Lipinski definition) is 4. The van der Waals surface area contributed by atoms with E-state index < -0.39 is 24.5 Å². The van der Waals surface area contributed by atoms with Gasteiger partial charge in [0.05, 0.1) is 6.33 Å². The second kappa shape index (κ2) is 10.7. The number of aromatic nitrogens is 4. The molecule has 13 heteroatoms. The maximum absolute atomic E-state index is 12.9. The Balaban J connectivity index is 1.18. The summed E-state index contributed by atoms with van der Waals surface area (Å²) in [4.78, 5) is 49.9. The van der Waals surface area contributed by atoms with Crippen LogP contribution in [-0.4, -0.2) is 73.7 Å². The number of alkyl carbamates (subject to hydrolysis) is 1. The fraction of sp³-hybridized carbons (Fsp3) is 0.231. The van der Waals surface area contributed by atoms with Crippen LogP contribution in [0.1, 0.15) is 17.0 Å². The van der Waals surface area contributed by atoms with Gasteiger partial charge in [-0.3, -0.25) is 9.59 Å². The molecular weight excluding hydrogens is 504 g/mol. The molecule has 2 aromatic heterocycles. The molecule has 39 heavy (non-hydrogen) atoms. The van der Waals surface area contributed by atoms with Gasteiger partial charge < -0.3 is 36.1 Å². The highest BCUT2D eigenvalue weighted by atomic mass is 16.5. The Morgan fingerprint density at radius 3 is 2.36 bits per heavy atom. The summed E-state index contributed by atoms with van der Waals surface area (Å²) in [6, 6.07) is 16.0. The lowest BCUT2D eigenvalue weighted by Gasteiger charge is -2.21. The van der Waals surface area contributed by atoms with E-state index in [9.17, 15) is 19.5 Å². The van der Waals surface area contributed by atoms with Crippen LogP contribution in [-0.2, 0) is 20.9 Å². The number of benzene rings is 2. The molecule has 0 spiro atoms. The molecule has 2 amide bonds. The third-order valence-corrected chi connectivity index (χ3v) is 6.49. The second-order valence-corrected chi connectivity index (χ2v) is 8.97. The number of hydrogen-bond acceptors (Lipinski definition) is 9. The van der Waals surface area contributed by atoms with Crippen molar-refractivity contribution in [3.8, 4) is 11.1 Å². The predicted molar refractivity (Wildman–Crippen MR) is 141 cm³/mol. The lowest BCUT2D eigenvalue weighted by atomic mass is 9.98. The molecule has 1 aliphatic rings. The van der Waals surface area contributed by atoms with Crippen molar-refractivity contribution in [2.75, 3.05) is 37.7 Å². The highest BCUT2D eigenvalue weighted by molar-refractivity contribution is 5.86. The average Bonchev–Trinajstić information content (AvgIpc) is 3.45. The molecular formula is C26H26N8O5. The second-order valence-electron chi connectivity index (χ2n) is 8.97. The van der Waals surface area contributed by atoms with Gasteiger partial charge in [0.1, 0.15) is 25.2 Å². The Bertz CT molecular complexity index is 1520. The number of amides is 2. The number of fused-ring (bicyclic) bond motifs is 4. The normalized spacial score (nSPS) is 12.1. The molecule has 0 atom stereocenters. The fourth-order valence-electron chi connectivity index (χ4n) is 4.74. The number of rotatable bonds is 9. The van der Waals surface area contributed by atoms with E-state index in [1.165, 1.54) is 10.9 Å². The smallest absolute Gasteiger partial charge is 0.407 e. The molecule has 0 unspecified atom stereocenters. The number of nitrogens with zero attached hydrogens (tertiary/aromatic N) is 5. The SMILES string of the molecule is Nc1nc(N)c2ncn(CC(=O)N(CCNC(=O)OCC3c4ccccc4-c4ccccc43)CC(=O)O)c2n1. The van der Waals surface area contributed by atoms with Crippen molar-refractivity contribution in [1.82, 2.24) is 29.7 Å². The average molecular weight is 531 g/mol. The minimum atomic E-state index is -1.20. The number of carbonyl (C=O) groups is 3. The Labute approximate surface area is 222 Å². The number of ether oxygens (including phenoxy) is 1. The van der Waals surface area contributed by atoms with Crippen LogP contribution in [0.5, 0.6) is 0 Å². The lowest BCUT2D eigenvalue weighted by molar-refractivity contribution is -0.144. The molecule has 2 aromatic carbocycles. The molecule has 2 heterocycles. The van der Waals surface area contributed by atoms with E-state index in [0.717, 1.165) is 27.2 Å². The van der Waals surface area contributed by atoms with E-state index in [4.69, 9.17) is 16.2 Å². The van der Waals surface area contributed by atoms with Gasteiger partial charge in [0, 0.05) is 19.0 Å². The third-order valence-electron chi connectivity index (χ3n) is 6.49. The van der Waals surface area contributed by atoms with Crippen LogP contribution in [0, 0.1) is 0 Å². The topological polar surface area (TPSA) is 192 Å². The van der Waals surface area contributed by atoms with Gasteiger partial charge in [0.2, 0.25) is 11.9 Å². The summed E-state index contributed by atoms with van der Waals surface area (Å²) in [5.74, 6) is -1.83. The van der Waals surface area contributed by atoms with Crippen LogP contribution in [0.3, 0.4) is 0 Å². The summed E-state index contributed by atoms with van der Waals surface area (Å²) in [5.41, 5.74) is 16.4. The molecule has 13 nitrogen and oxygen atoms in total. The number of nitrogen functional groups attached to an aromatic ring is 2. The van der Waals surface area contributed by atoms with E-state index in [1.807, 2.05) is 48.5 Å². The molecule has 0 radical (unpaired) electrons. The van der Waals surface area contributed by atoms with Crippen molar-refractivity contribution in [2.24, 2.45) is 0 Å². The van der Waals surface area contributed by atoms with Gasteiger partial charge in [-0.05, 0) is 22.3 Å². The summed E-state index contributed by atoms with van der Waals surface area (Å²) < 4.78 is 6.90. The van der Waals surface area contributed by atoms with Crippen LogP contribution in [0.25, 0.3) is 22.3 Å². The van der Waals surface area contributed by atoms with Gasteiger partial charge >= 0.3 is 12.1 Å². The fourth-order valence-corrected chi connectivity index (χ4v) is 4.74. The number of nitrogens with two attached hydrogens (primary N) is 2. The number of anilines is 2. The first-order valence-electron chi connectivity index (χ1n) is 12.1. The summed E-state index contributed by atoms with van der Waals surface area (Å²) in [6.07, 6.45) is 0.684. The summed E-state index contributed by atoms with van der Waals surface area (Å²) in [7, 11) is 0. The van der Waals surface area contributed by atoms with Crippen molar-refractivity contribution in [2.45, 2.75) is 12.5 Å². The Hall–Kier alpha value is -5.20. The first kappa shape index (κ1) is 25.4. The molecule has 0 aliphatic heterocycles. The zero-order valence-electron chi connectivity index (χ0n) is 20.8. The molecule has 0 fully saturated rings. The maximum Gasteiger partial charge on any atom is 0.407 e. The quantitative estimate of drug-likeness (QED) is 0.246. The zero-order valence-corrected chi connectivity index (χ0v) is 20.8. The molecule has 1 aliphatic carbocycles. The molecule has 6 N–H and O–H groups in total. The van der Waals surface area contributed by atoms with Crippen LogP contribution >= 0.6 is 0 Å². The number of aliphatic carboxylic acids is 1. The van der Waals surface area contributed by atoms with Crippen LogP contribution in [0.2, 0.25) is 0 Å². The monoisotopic (exact) mass is 530 g/mol. The highest BCUT2D eigenvalue weighted by Crippen LogP contribution is 2.44. The van der Waals surface area contributed by atoms with Gasteiger partial charge in [-0.2, -0.15) is 9.97 Å². The van der Waals surface area contributed by atoms with E-state index in [1.54, 1.807) is 0 Å². The number of imidazole rings is 1. The molecule has 0 bridgehead atoms. The largest absolute Gasteiger partial charge is 0.480 e. The molecule has 200 valence electrons. The van der Waals surface area contributed by atoms with Crippen molar-refractivity contribution in [3.63, 3.8) is 0 Å². The summed E-state index contributed by atoms with van der Waals surface area (Å²) in [5, 5.41) is 11.9. The Morgan fingerprint density at radius 2 is 1.69 bits per heavy atom. The maximum atomic E-state index is 12.9. The number of nitrogens with one attached hydrogen (secondary N) is 1. The summed E-state index contributed by atoms with van der Waals surface area (Å²) in [6.45, 7) is -0.745. The van der Waals surface area contributed by atoms with Crippen molar-refractivity contribution in [3.05, 3.63) is 66.0 Å². The van der Waals surface area contributed by atoms with E-state index >= 15 is 0 Å². The molecule has 0 saturated carbocycles. The van der Waals surface area contributed by atoms with Gasteiger partial charge in [0.25, 0.3) is 0 Å². The summed E-state index contributed by atoms with van der Waals surface area (Å²) >= 11 is 0. The minimum Gasteiger partial charge on any atom is -0.480 e. The molecule has 0 saturated heterocycles. The number of carboxylic acids is 1. The van der Waals surface area contributed by atoms with Crippen LogP contribution in [0.4, 0.5) is 16.6 Å². The first-order chi connectivity index (χ1) is 18.8. The first-order valence-corrected chi connectivity index (χ1v) is 12.1. The minimum absolute atomic E-state index is 0.0115. The van der Waals surface area contributed by atoms with Gasteiger partial charge in [-0.1, -0.05) is 48.5 Å². The lowest BCUT2D eigenvalue weighted by Crippen LogP contribution is -2.42. The Kier molecular flexibility index (Phi) is 6.95. The standard InChI is InChI=1S/C26H26N8O5/c27-23-22-24(32-25(28)31-23)34(14-30-22)11-20(35)33(12-21(36)37)10-9-29-26(38)39-13-19-17-7-3-1-5-15(17)16-6-2-4-8-18(16)19/h1-8,14,19H,9-13H2,(H,29,38)(H,36,37)(H4,27,28,31,32). The number of carboxylic acid groups (broad SMARTS) is 1. The van der Waals surface area contributed by atoms with Crippen molar-refractivity contribution >= 4 is 40.9 Å². The van der Waals surface area contributed by atoms with E-state index in [0.29, 0.717) is 0 Å².